The van der Waals surface area contributed by atoms with Crippen LogP contribution in [0.1, 0.15) is 23.6 Å². The van der Waals surface area contributed by atoms with Crippen molar-refractivity contribution >= 4 is 46.9 Å². The Morgan fingerprint density at radius 2 is 1.94 bits per heavy atom. The van der Waals surface area contributed by atoms with Gasteiger partial charge in [0.15, 0.2) is 23.2 Å². The number of rotatable bonds is 9. The highest BCUT2D eigenvalue weighted by Gasteiger charge is 2.34. The van der Waals surface area contributed by atoms with E-state index in [4.69, 9.17) is 26.8 Å². The quantitative estimate of drug-likeness (QED) is 0.246. The van der Waals surface area contributed by atoms with Gasteiger partial charge in [0.05, 0.1) is 12.8 Å². The number of aryl methyl sites for hydroxylation is 1. The van der Waals surface area contributed by atoms with Crippen molar-refractivity contribution in [2.24, 2.45) is 0 Å². The van der Waals surface area contributed by atoms with E-state index in [2.05, 4.69) is 11.9 Å². The lowest BCUT2D eigenvalue weighted by molar-refractivity contribution is -0.139. The Morgan fingerprint density at radius 3 is 2.53 bits per heavy atom. The van der Waals surface area contributed by atoms with Crippen LogP contribution in [0.2, 0.25) is 0 Å². The van der Waals surface area contributed by atoms with Crippen LogP contribution in [0.15, 0.2) is 54.6 Å². The van der Waals surface area contributed by atoms with Crippen molar-refractivity contribution < 1.29 is 29.0 Å². The molecule has 0 aromatic heterocycles. The number of amides is 2. The van der Waals surface area contributed by atoms with Crippen LogP contribution in [-0.4, -0.2) is 41.7 Å². The van der Waals surface area contributed by atoms with Gasteiger partial charge in [0, 0.05) is 5.56 Å². The maximum absolute atomic E-state index is 13.3. The summed E-state index contributed by atoms with van der Waals surface area (Å²) in [6.45, 7) is 5.19. The molecule has 0 spiro atoms. The molecule has 1 heterocycles. The lowest BCUT2D eigenvalue weighted by atomic mass is 10.0. The number of hydrogen-bond donors (Lipinski definition) is 2. The number of carbonyl (C=O) groups excluding carboxylic acids is 2. The smallest absolute Gasteiger partial charge is 0.341 e. The van der Waals surface area contributed by atoms with Gasteiger partial charge in [-0.3, -0.25) is 19.8 Å². The summed E-state index contributed by atoms with van der Waals surface area (Å²) in [6, 6.07) is 10.6. The third-order valence-electron chi connectivity index (χ3n) is 5.09. The van der Waals surface area contributed by atoms with Crippen molar-refractivity contribution in [3.05, 3.63) is 71.3 Å². The van der Waals surface area contributed by atoms with E-state index < -0.39 is 24.4 Å². The van der Waals surface area contributed by atoms with Crippen LogP contribution in [0, 0.1) is 0 Å². The van der Waals surface area contributed by atoms with Crippen molar-refractivity contribution in [2.75, 3.05) is 18.6 Å². The summed E-state index contributed by atoms with van der Waals surface area (Å²) in [7, 11) is 1.41. The van der Waals surface area contributed by atoms with Gasteiger partial charge in [0.2, 0.25) is 0 Å². The Hall–Kier alpha value is -3.98. The molecule has 9 heteroatoms. The van der Waals surface area contributed by atoms with Gasteiger partial charge in [0.25, 0.3) is 11.8 Å². The Balaban J connectivity index is 2.03. The van der Waals surface area contributed by atoms with Crippen LogP contribution in [-0.2, 0) is 27.2 Å². The van der Waals surface area contributed by atoms with Crippen LogP contribution in [0.3, 0.4) is 0 Å². The van der Waals surface area contributed by atoms with Crippen molar-refractivity contribution in [2.45, 2.75) is 19.8 Å². The minimum Gasteiger partial charge on any atom is -0.493 e. The predicted molar refractivity (Wildman–Crippen MR) is 132 cm³/mol. The fourth-order valence-electron chi connectivity index (χ4n) is 3.46. The molecule has 1 fully saturated rings. The molecule has 0 unspecified atom stereocenters. The number of carbonyl (C=O) groups is 3. The van der Waals surface area contributed by atoms with Crippen LogP contribution >= 0.6 is 12.2 Å². The fraction of sp³-hybridized carbons (Fsp3) is 0.200. The van der Waals surface area contributed by atoms with Gasteiger partial charge in [-0.25, -0.2) is 4.79 Å². The zero-order chi connectivity index (χ0) is 24.8. The van der Waals surface area contributed by atoms with E-state index in [1.165, 1.54) is 18.1 Å². The van der Waals surface area contributed by atoms with E-state index in [-0.39, 0.29) is 22.2 Å². The summed E-state index contributed by atoms with van der Waals surface area (Å²) < 4.78 is 10.8. The molecule has 1 aliphatic heterocycles. The van der Waals surface area contributed by atoms with E-state index in [0.29, 0.717) is 23.2 Å². The number of ether oxygens (including phenoxy) is 2. The molecule has 0 saturated carbocycles. The highest BCUT2D eigenvalue weighted by atomic mass is 32.1. The normalized spacial score (nSPS) is 14.7. The number of allylic oxidation sites excluding steroid dienone is 1. The topological polar surface area (TPSA) is 105 Å². The number of methoxy groups -OCH3 is 1. The largest absolute Gasteiger partial charge is 0.493 e. The van der Waals surface area contributed by atoms with Crippen molar-refractivity contribution in [1.29, 1.82) is 0 Å². The van der Waals surface area contributed by atoms with Gasteiger partial charge in [-0.2, -0.15) is 0 Å². The number of anilines is 1. The molecular formula is C25H24N2O6S. The number of thiocarbonyl (C=S) groups is 1. The van der Waals surface area contributed by atoms with Gasteiger partial charge in [-0.1, -0.05) is 25.1 Å². The molecule has 3 rings (SSSR count). The van der Waals surface area contributed by atoms with Crippen molar-refractivity contribution in [3.8, 4) is 11.5 Å². The molecule has 2 amide bonds. The third kappa shape index (κ3) is 5.32. The SMILES string of the molecule is C=CCc1cc(/C=C2\C(=O)NC(=S)N(c3ccc(CC)cc3)C2=O)cc(OC)c1OCC(=O)O. The van der Waals surface area contributed by atoms with E-state index in [0.717, 1.165) is 12.0 Å². The molecular weight excluding hydrogens is 456 g/mol. The number of aliphatic carboxylic acids is 1. The minimum atomic E-state index is -1.13. The lowest BCUT2D eigenvalue weighted by Crippen LogP contribution is -2.54. The molecule has 1 saturated heterocycles. The van der Waals surface area contributed by atoms with Gasteiger partial charge >= 0.3 is 5.97 Å². The lowest BCUT2D eigenvalue weighted by Gasteiger charge is -2.29. The Morgan fingerprint density at radius 1 is 1.24 bits per heavy atom. The second-order valence-electron chi connectivity index (χ2n) is 7.36. The second kappa shape index (κ2) is 10.8. The van der Waals surface area contributed by atoms with E-state index >= 15 is 0 Å². The monoisotopic (exact) mass is 480 g/mol. The summed E-state index contributed by atoms with van der Waals surface area (Å²) in [5, 5.41) is 11.5. The number of benzene rings is 2. The maximum Gasteiger partial charge on any atom is 0.341 e. The molecule has 2 N–H and O–H groups in total. The molecule has 34 heavy (non-hydrogen) atoms. The first-order valence-electron chi connectivity index (χ1n) is 10.5. The van der Waals surface area contributed by atoms with Gasteiger partial charge < -0.3 is 14.6 Å². The average molecular weight is 481 g/mol. The maximum atomic E-state index is 13.3. The first-order valence-corrected chi connectivity index (χ1v) is 10.9. The Labute approximate surface area is 202 Å². The number of nitrogens with zero attached hydrogens (tertiary/aromatic N) is 1. The summed E-state index contributed by atoms with van der Waals surface area (Å²) >= 11 is 5.25. The molecule has 0 radical (unpaired) electrons. The van der Waals surface area contributed by atoms with Crippen LogP contribution in [0.5, 0.6) is 11.5 Å². The number of carboxylic acids is 1. The Bertz CT molecular complexity index is 1190. The highest BCUT2D eigenvalue weighted by Crippen LogP contribution is 2.35. The van der Waals surface area contributed by atoms with Crippen LogP contribution in [0.25, 0.3) is 6.08 Å². The van der Waals surface area contributed by atoms with E-state index in [1.807, 2.05) is 19.1 Å². The van der Waals surface area contributed by atoms with Crippen LogP contribution < -0.4 is 19.7 Å². The molecule has 2 aromatic rings. The van der Waals surface area contributed by atoms with E-state index in [9.17, 15) is 14.4 Å². The second-order valence-corrected chi connectivity index (χ2v) is 7.75. The number of hydrogen-bond acceptors (Lipinski definition) is 6. The standard InChI is InChI=1S/C25H24N2O6S/c1-4-6-17-11-16(13-20(32-3)22(17)33-14-21(28)29)12-19-23(30)26-25(34)27(24(19)31)18-9-7-15(5-2)8-10-18/h4,7-13H,1,5-6,14H2,2-3H3,(H,28,29)(H,26,30,34)/b19-12+. The molecule has 8 nitrogen and oxygen atoms in total. The first kappa shape index (κ1) is 24.7. The van der Waals surface area contributed by atoms with Gasteiger partial charge in [0.1, 0.15) is 5.57 Å². The van der Waals surface area contributed by atoms with Gasteiger partial charge in [-0.05, 0) is 66.5 Å². The molecule has 0 bridgehead atoms. The Kier molecular flexibility index (Phi) is 7.80. The number of nitrogens with one attached hydrogen (secondary N) is 1. The minimum absolute atomic E-state index is 0.00116. The summed E-state index contributed by atoms with van der Waals surface area (Å²) in [6.07, 6.45) is 4.25. The molecule has 176 valence electrons. The van der Waals surface area contributed by atoms with Crippen molar-refractivity contribution in [1.82, 2.24) is 5.32 Å². The zero-order valence-corrected chi connectivity index (χ0v) is 19.6. The van der Waals surface area contributed by atoms with Gasteiger partial charge in [-0.15, -0.1) is 6.58 Å². The summed E-state index contributed by atoms with van der Waals surface area (Å²) in [5.74, 6) is -1.80. The molecule has 2 aromatic carbocycles. The first-order chi connectivity index (χ1) is 16.3. The predicted octanol–water partition coefficient (Wildman–Crippen LogP) is 3.28. The highest BCUT2D eigenvalue weighted by molar-refractivity contribution is 7.80. The third-order valence-corrected chi connectivity index (χ3v) is 5.38. The summed E-state index contributed by atoms with van der Waals surface area (Å²) in [5.41, 5.74) is 2.61. The molecule has 0 atom stereocenters. The number of carboxylic acid groups (broad SMARTS) is 1. The fourth-order valence-corrected chi connectivity index (χ4v) is 3.74. The molecule has 1 aliphatic rings. The van der Waals surface area contributed by atoms with E-state index in [1.54, 1.807) is 30.3 Å². The van der Waals surface area contributed by atoms with Crippen LogP contribution in [0.4, 0.5) is 5.69 Å². The van der Waals surface area contributed by atoms with Crippen molar-refractivity contribution in [3.63, 3.8) is 0 Å². The molecule has 0 aliphatic carbocycles. The zero-order valence-electron chi connectivity index (χ0n) is 18.8. The average Bonchev–Trinajstić information content (AvgIpc) is 2.81. The summed E-state index contributed by atoms with van der Waals surface area (Å²) in [4.78, 5) is 38.2.